The minimum Gasteiger partial charge on any atom is -0.392 e. The first-order valence-corrected chi connectivity index (χ1v) is 12.1. The minimum atomic E-state index is -0.163. The fourth-order valence-electron chi connectivity index (χ4n) is 4.42. The molecule has 37 heavy (non-hydrogen) atoms. The molecule has 0 atom stereocenters. The zero-order chi connectivity index (χ0) is 26.1. The van der Waals surface area contributed by atoms with Crippen molar-refractivity contribution in [3.8, 4) is 28.6 Å². The normalized spacial score (nSPS) is 12.6. The lowest BCUT2D eigenvalue weighted by molar-refractivity contribution is 0.0996. The Balaban J connectivity index is 1.65. The fourth-order valence-corrected chi connectivity index (χ4v) is 4.42. The molecule has 0 fully saturated rings. The minimum absolute atomic E-state index is 0.127. The van der Waals surface area contributed by atoms with Gasteiger partial charge in [-0.2, -0.15) is 5.26 Å². The lowest BCUT2D eigenvalue weighted by Crippen LogP contribution is -2.24. The van der Waals surface area contributed by atoms with Gasteiger partial charge < -0.3 is 15.0 Å². The van der Waals surface area contributed by atoms with E-state index in [1.54, 1.807) is 23.4 Å². The number of aromatic nitrogens is 4. The first-order chi connectivity index (χ1) is 17.9. The molecule has 0 saturated carbocycles. The molecular formula is C28H27N7O2. The Bertz CT molecular complexity index is 1530. The largest absolute Gasteiger partial charge is 0.392 e. The number of aliphatic hydroxyl groups is 1. The van der Waals surface area contributed by atoms with Crippen molar-refractivity contribution in [2.24, 2.45) is 13.0 Å². The number of aliphatic hydroxyl groups excluding tert-OH is 1. The Morgan fingerprint density at radius 2 is 1.95 bits per heavy atom. The lowest BCUT2D eigenvalue weighted by Gasteiger charge is -2.19. The SMILES string of the molecule is CC(C)CNc1cc(-c2cc(C#N)ccc2-c2nncn2C)cc(N2Cc3ccc(CO)cc3C2=O)n1. The van der Waals surface area contributed by atoms with Crippen molar-refractivity contribution in [3.63, 3.8) is 0 Å². The Hall–Kier alpha value is -4.55. The van der Waals surface area contributed by atoms with E-state index in [4.69, 9.17) is 4.98 Å². The average molecular weight is 494 g/mol. The zero-order valence-electron chi connectivity index (χ0n) is 20.9. The van der Waals surface area contributed by atoms with Crippen LogP contribution >= 0.6 is 0 Å². The molecule has 2 aromatic heterocycles. The Morgan fingerprint density at radius 3 is 2.65 bits per heavy atom. The van der Waals surface area contributed by atoms with Gasteiger partial charge in [0.15, 0.2) is 5.82 Å². The van der Waals surface area contributed by atoms with E-state index < -0.39 is 0 Å². The molecule has 1 aliphatic rings. The highest BCUT2D eigenvalue weighted by Crippen LogP contribution is 2.36. The Morgan fingerprint density at radius 1 is 1.11 bits per heavy atom. The molecule has 0 aliphatic carbocycles. The molecule has 0 spiro atoms. The van der Waals surface area contributed by atoms with Crippen LogP contribution < -0.4 is 10.2 Å². The second-order valence-corrected chi connectivity index (χ2v) is 9.55. The number of hydrogen-bond donors (Lipinski definition) is 2. The molecule has 9 nitrogen and oxygen atoms in total. The van der Waals surface area contributed by atoms with Crippen molar-refractivity contribution >= 4 is 17.5 Å². The van der Waals surface area contributed by atoms with Crippen LogP contribution in [0.25, 0.3) is 22.5 Å². The second-order valence-electron chi connectivity index (χ2n) is 9.55. The smallest absolute Gasteiger partial charge is 0.260 e. The molecule has 9 heteroatoms. The number of carbonyl (C=O) groups excluding carboxylic acids is 1. The number of pyridine rings is 1. The zero-order valence-corrected chi connectivity index (χ0v) is 20.9. The van der Waals surface area contributed by atoms with Gasteiger partial charge in [-0.25, -0.2) is 4.98 Å². The topological polar surface area (TPSA) is 120 Å². The highest BCUT2D eigenvalue weighted by molar-refractivity contribution is 6.10. The molecule has 5 rings (SSSR count). The van der Waals surface area contributed by atoms with Crippen LogP contribution in [0.1, 0.15) is 40.9 Å². The maximum Gasteiger partial charge on any atom is 0.260 e. The van der Waals surface area contributed by atoms with Crippen LogP contribution in [0.3, 0.4) is 0 Å². The van der Waals surface area contributed by atoms with Crippen molar-refractivity contribution in [2.45, 2.75) is 27.0 Å². The third kappa shape index (κ3) is 4.67. The number of carbonyl (C=O) groups is 1. The summed E-state index contributed by atoms with van der Waals surface area (Å²) in [6, 6.07) is 16.9. The number of fused-ring (bicyclic) bond motifs is 1. The molecule has 2 aromatic carbocycles. The van der Waals surface area contributed by atoms with Gasteiger partial charge in [-0.15, -0.1) is 10.2 Å². The van der Waals surface area contributed by atoms with Crippen molar-refractivity contribution in [1.29, 1.82) is 5.26 Å². The summed E-state index contributed by atoms with van der Waals surface area (Å²) in [5, 5.41) is 30.8. The molecule has 1 aliphatic heterocycles. The van der Waals surface area contributed by atoms with Gasteiger partial charge in [-0.05, 0) is 64.6 Å². The quantitative estimate of drug-likeness (QED) is 0.397. The molecule has 4 aromatic rings. The molecule has 1 amide bonds. The summed E-state index contributed by atoms with van der Waals surface area (Å²) in [4.78, 5) is 19.8. The highest BCUT2D eigenvalue weighted by atomic mass is 16.3. The first kappa shape index (κ1) is 24.2. The summed E-state index contributed by atoms with van der Waals surface area (Å²) in [5.41, 5.74) is 5.06. The molecule has 0 saturated heterocycles. The number of hydrogen-bond acceptors (Lipinski definition) is 7. The molecule has 0 bridgehead atoms. The highest BCUT2D eigenvalue weighted by Gasteiger charge is 2.30. The van der Waals surface area contributed by atoms with Crippen LogP contribution in [0.5, 0.6) is 0 Å². The van der Waals surface area contributed by atoms with Crippen LogP contribution in [-0.4, -0.2) is 37.3 Å². The van der Waals surface area contributed by atoms with E-state index in [1.807, 2.05) is 48.0 Å². The monoisotopic (exact) mass is 493 g/mol. The van der Waals surface area contributed by atoms with Gasteiger partial charge in [0, 0.05) is 24.7 Å². The van der Waals surface area contributed by atoms with Gasteiger partial charge in [0.25, 0.3) is 5.91 Å². The standard InChI is InChI=1S/C28H27N7O2/c1-17(2)13-30-25-10-21(23-8-18(12-29)5-7-22(23)27-33-31-16-34(27)3)11-26(32-25)35-14-20-6-4-19(15-36)9-24(20)28(35)37/h4-11,16-17,36H,13-15H2,1-3H3,(H,30,32). The summed E-state index contributed by atoms with van der Waals surface area (Å²) in [6.45, 7) is 5.18. The predicted molar refractivity (Wildman–Crippen MR) is 141 cm³/mol. The van der Waals surface area contributed by atoms with Gasteiger partial charge in [0.2, 0.25) is 0 Å². The molecule has 3 heterocycles. The van der Waals surface area contributed by atoms with E-state index in [0.29, 0.717) is 53.2 Å². The van der Waals surface area contributed by atoms with Gasteiger partial charge in [0.1, 0.15) is 18.0 Å². The number of nitrogens with zero attached hydrogens (tertiary/aromatic N) is 6. The van der Waals surface area contributed by atoms with E-state index in [9.17, 15) is 15.2 Å². The van der Waals surface area contributed by atoms with Gasteiger partial charge in [0.05, 0.1) is 24.8 Å². The van der Waals surface area contributed by atoms with Crippen LogP contribution in [0.15, 0.2) is 54.9 Å². The number of anilines is 2. The summed E-state index contributed by atoms with van der Waals surface area (Å²) in [5.74, 6) is 2.02. The third-order valence-electron chi connectivity index (χ3n) is 6.35. The number of nitriles is 1. The van der Waals surface area contributed by atoms with Crippen molar-refractivity contribution < 1.29 is 9.90 Å². The van der Waals surface area contributed by atoms with Crippen LogP contribution in [0, 0.1) is 17.2 Å². The van der Waals surface area contributed by atoms with Gasteiger partial charge in [-0.1, -0.05) is 26.0 Å². The molecule has 0 unspecified atom stereocenters. The molecular weight excluding hydrogens is 466 g/mol. The summed E-state index contributed by atoms with van der Waals surface area (Å²) < 4.78 is 1.82. The molecule has 0 radical (unpaired) electrons. The van der Waals surface area contributed by atoms with E-state index in [1.165, 1.54) is 0 Å². The van der Waals surface area contributed by atoms with Crippen LogP contribution in [0.2, 0.25) is 0 Å². The lowest BCUT2D eigenvalue weighted by atomic mass is 9.97. The Labute approximate surface area is 215 Å². The number of rotatable bonds is 7. The predicted octanol–water partition coefficient (Wildman–Crippen LogP) is 4.14. The van der Waals surface area contributed by atoms with Crippen molar-refractivity contribution in [3.05, 3.63) is 77.1 Å². The van der Waals surface area contributed by atoms with Crippen LogP contribution in [0.4, 0.5) is 11.6 Å². The summed E-state index contributed by atoms with van der Waals surface area (Å²) in [6.07, 6.45) is 1.63. The Kier molecular flexibility index (Phi) is 6.42. The maximum atomic E-state index is 13.4. The number of benzene rings is 2. The van der Waals surface area contributed by atoms with E-state index >= 15 is 0 Å². The number of aryl methyl sites for hydroxylation is 1. The summed E-state index contributed by atoms with van der Waals surface area (Å²) >= 11 is 0. The van der Waals surface area contributed by atoms with E-state index in [0.717, 1.165) is 22.3 Å². The van der Waals surface area contributed by atoms with E-state index in [-0.39, 0.29) is 12.5 Å². The third-order valence-corrected chi connectivity index (χ3v) is 6.35. The van der Waals surface area contributed by atoms with Gasteiger partial charge >= 0.3 is 0 Å². The number of nitrogens with one attached hydrogen (secondary N) is 1. The summed E-state index contributed by atoms with van der Waals surface area (Å²) in [7, 11) is 1.87. The average Bonchev–Trinajstić information content (AvgIpc) is 3.49. The van der Waals surface area contributed by atoms with E-state index in [2.05, 4.69) is 35.4 Å². The number of amides is 1. The van der Waals surface area contributed by atoms with Gasteiger partial charge in [-0.3, -0.25) is 9.69 Å². The molecule has 186 valence electrons. The fraction of sp³-hybridized carbons (Fsp3) is 0.250. The first-order valence-electron chi connectivity index (χ1n) is 12.1. The molecule has 2 N–H and O–H groups in total. The van der Waals surface area contributed by atoms with Crippen LogP contribution in [-0.2, 0) is 20.2 Å². The van der Waals surface area contributed by atoms with Crippen molar-refractivity contribution in [2.75, 3.05) is 16.8 Å². The van der Waals surface area contributed by atoms with Crippen molar-refractivity contribution in [1.82, 2.24) is 19.7 Å². The second kappa shape index (κ2) is 9.84. The maximum absolute atomic E-state index is 13.4.